The van der Waals surface area contributed by atoms with Gasteiger partial charge < -0.3 is 0 Å². The van der Waals surface area contributed by atoms with Crippen molar-refractivity contribution in [2.45, 2.75) is 53.0 Å². The van der Waals surface area contributed by atoms with E-state index in [2.05, 4.69) is 38.1 Å². The van der Waals surface area contributed by atoms with E-state index in [-0.39, 0.29) is 11.6 Å². The van der Waals surface area contributed by atoms with E-state index < -0.39 is 10.8 Å². The highest BCUT2D eigenvalue weighted by molar-refractivity contribution is 7.84. The largest absolute Gasteiger partial charge is 0.285 e. The monoisotopic (exact) mass is 438 g/mol. The summed E-state index contributed by atoms with van der Waals surface area (Å²) in [5, 5.41) is 0. The molecule has 0 fully saturated rings. The standard InChI is InChI=1S/C23H26N2O.C3H8OS/c1-4-12-20-21(5-2)24-17(3)25(23(20)26)22(18-13-8-6-9-14-18)19-15-10-7-11-16-19;1-3-5(2)4/h6-11,13-16,22H,4-5,12H2,1-3H3;3H2,1-2H3. The molecule has 0 N–H and O–H groups in total. The molecule has 0 aliphatic carbocycles. The fourth-order valence-corrected chi connectivity index (χ4v) is 3.59. The van der Waals surface area contributed by atoms with Crippen LogP contribution in [0.5, 0.6) is 0 Å². The first-order valence-corrected chi connectivity index (χ1v) is 12.7. The lowest BCUT2D eigenvalue weighted by molar-refractivity contribution is 0.594. The van der Waals surface area contributed by atoms with Crippen LogP contribution in [0.1, 0.15) is 61.4 Å². The zero-order chi connectivity index (χ0) is 22.8. The molecule has 0 aliphatic rings. The predicted molar refractivity (Wildman–Crippen MR) is 131 cm³/mol. The van der Waals surface area contributed by atoms with Crippen LogP contribution in [0, 0.1) is 6.92 Å². The average molecular weight is 439 g/mol. The predicted octanol–water partition coefficient (Wildman–Crippen LogP) is 5.09. The van der Waals surface area contributed by atoms with Gasteiger partial charge in [-0.25, -0.2) is 4.98 Å². The molecule has 0 spiro atoms. The lowest BCUT2D eigenvalue weighted by atomic mass is 9.97. The molecular formula is C26H34N2O2S. The van der Waals surface area contributed by atoms with Gasteiger partial charge in [-0.3, -0.25) is 13.6 Å². The molecule has 5 heteroatoms. The fourth-order valence-electron chi connectivity index (χ4n) is 3.59. The van der Waals surface area contributed by atoms with Crippen molar-refractivity contribution in [2.75, 3.05) is 12.0 Å². The number of rotatable bonds is 7. The maximum atomic E-state index is 13.5. The molecule has 0 radical (unpaired) electrons. The van der Waals surface area contributed by atoms with Gasteiger partial charge in [-0.15, -0.1) is 0 Å². The van der Waals surface area contributed by atoms with Crippen molar-refractivity contribution >= 4 is 10.8 Å². The van der Waals surface area contributed by atoms with Gasteiger partial charge in [0, 0.05) is 28.4 Å². The number of aryl methyl sites for hydroxylation is 2. The van der Waals surface area contributed by atoms with E-state index in [0.717, 1.165) is 53.2 Å². The Kier molecular flexibility index (Phi) is 9.86. The van der Waals surface area contributed by atoms with Crippen molar-refractivity contribution in [1.82, 2.24) is 9.55 Å². The highest BCUT2D eigenvalue weighted by Crippen LogP contribution is 2.26. The number of hydrogen-bond donors (Lipinski definition) is 0. The Hall–Kier alpha value is -2.53. The first kappa shape index (κ1) is 24.7. The average Bonchev–Trinajstić information content (AvgIpc) is 2.79. The molecule has 1 unspecified atom stereocenters. The van der Waals surface area contributed by atoms with E-state index >= 15 is 0 Å². The van der Waals surface area contributed by atoms with Gasteiger partial charge in [0.1, 0.15) is 5.82 Å². The van der Waals surface area contributed by atoms with Crippen molar-refractivity contribution in [3.8, 4) is 0 Å². The number of hydrogen-bond acceptors (Lipinski definition) is 3. The second-order valence-corrected chi connectivity index (χ2v) is 9.17. The Balaban J connectivity index is 0.000000614. The summed E-state index contributed by atoms with van der Waals surface area (Å²) in [6.07, 6.45) is 4.19. The first-order chi connectivity index (χ1) is 14.9. The Morgan fingerprint density at radius 3 is 1.81 bits per heavy atom. The molecule has 2 aromatic carbocycles. The highest BCUT2D eigenvalue weighted by Gasteiger charge is 2.22. The Morgan fingerprint density at radius 1 is 0.935 bits per heavy atom. The molecule has 0 saturated heterocycles. The molecule has 3 rings (SSSR count). The Morgan fingerprint density at radius 2 is 1.42 bits per heavy atom. The van der Waals surface area contributed by atoms with Crippen LogP contribution in [0.25, 0.3) is 0 Å². The van der Waals surface area contributed by atoms with Crippen LogP contribution in [0.2, 0.25) is 0 Å². The van der Waals surface area contributed by atoms with Crippen molar-refractivity contribution in [3.63, 3.8) is 0 Å². The van der Waals surface area contributed by atoms with Crippen molar-refractivity contribution < 1.29 is 4.21 Å². The van der Waals surface area contributed by atoms with Gasteiger partial charge >= 0.3 is 0 Å². The summed E-state index contributed by atoms with van der Waals surface area (Å²) in [4.78, 5) is 18.3. The van der Waals surface area contributed by atoms with Crippen LogP contribution in [0.3, 0.4) is 0 Å². The molecule has 1 heterocycles. The summed E-state index contributed by atoms with van der Waals surface area (Å²) in [6, 6.07) is 20.2. The molecule has 0 amide bonds. The number of nitrogens with zero attached hydrogens (tertiary/aromatic N) is 2. The molecule has 4 nitrogen and oxygen atoms in total. The van der Waals surface area contributed by atoms with Crippen LogP contribution < -0.4 is 5.56 Å². The molecule has 0 bridgehead atoms. The minimum atomic E-state index is -0.573. The van der Waals surface area contributed by atoms with Crippen molar-refractivity contribution in [3.05, 3.63) is 99.2 Å². The van der Waals surface area contributed by atoms with E-state index in [1.807, 2.05) is 54.8 Å². The minimum absolute atomic E-state index is 0.0916. The molecule has 0 saturated carbocycles. The van der Waals surface area contributed by atoms with Crippen LogP contribution >= 0.6 is 0 Å². The molecular weight excluding hydrogens is 404 g/mol. The summed E-state index contributed by atoms with van der Waals surface area (Å²) in [7, 11) is -0.573. The third kappa shape index (κ3) is 6.47. The quantitative estimate of drug-likeness (QED) is 0.516. The van der Waals surface area contributed by atoms with Gasteiger partial charge in [-0.1, -0.05) is 87.9 Å². The van der Waals surface area contributed by atoms with E-state index in [4.69, 9.17) is 4.98 Å². The summed E-state index contributed by atoms with van der Waals surface area (Å²) in [5.41, 5.74) is 4.08. The maximum absolute atomic E-state index is 13.5. The van der Waals surface area contributed by atoms with Gasteiger partial charge in [0.05, 0.1) is 11.7 Å². The van der Waals surface area contributed by atoms with E-state index in [1.165, 1.54) is 0 Å². The molecule has 0 aliphatic heterocycles. The highest BCUT2D eigenvalue weighted by atomic mass is 32.2. The van der Waals surface area contributed by atoms with Gasteiger partial charge in [-0.05, 0) is 30.9 Å². The summed E-state index contributed by atoms with van der Waals surface area (Å²) < 4.78 is 11.8. The lowest BCUT2D eigenvalue weighted by Gasteiger charge is -2.24. The molecule has 3 aromatic rings. The topological polar surface area (TPSA) is 52.0 Å². The maximum Gasteiger partial charge on any atom is 0.257 e. The normalized spacial score (nSPS) is 11.7. The summed E-state index contributed by atoms with van der Waals surface area (Å²) >= 11 is 0. The molecule has 1 aromatic heterocycles. The molecule has 1 atom stereocenters. The van der Waals surface area contributed by atoms with Gasteiger partial charge in [-0.2, -0.15) is 0 Å². The van der Waals surface area contributed by atoms with Gasteiger partial charge in [0.15, 0.2) is 0 Å². The fraction of sp³-hybridized carbons (Fsp3) is 0.385. The van der Waals surface area contributed by atoms with Crippen molar-refractivity contribution in [1.29, 1.82) is 0 Å². The van der Waals surface area contributed by atoms with E-state index in [9.17, 15) is 9.00 Å². The first-order valence-electron chi connectivity index (χ1n) is 10.9. The van der Waals surface area contributed by atoms with E-state index in [0.29, 0.717) is 0 Å². The minimum Gasteiger partial charge on any atom is -0.285 e. The third-order valence-corrected chi connectivity index (χ3v) is 6.01. The zero-order valence-corrected chi connectivity index (χ0v) is 20.1. The third-order valence-electron chi connectivity index (χ3n) is 5.20. The van der Waals surface area contributed by atoms with E-state index in [1.54, 1.807) is 6.26 Å². The molecule has 166 valence electrons. The van der Waals surface area contributed by atoms with Crippen LogP contribution in [0.15, 0.2) is 65.5 Å². The Labute approximate surface area is 188 Å². The SMILES string of the molecule is CCCc1c(CC)nc(C)n(C(c2ccccc2)c2ccccc2)c1=O.CCS(C)=O. The molecule has 31 heavy (non-hydrogen) atoms. The number of benzene rings is 2. The van der Waals surface area contributed by atoms with Gasteiger partial charge in [0.25, 0.3) is 5.56 Å². The Bertz CT molecular complexity index is 991. The summed E-state index contributed by atoms with van der Waals surface area (Å²) in [6.45, 7) is 8.01. The van der Waals surface area contributed by atoms with Crippen LogP contribution in [0.4, 0.5) is 0 Å². The lowest BCUT2D eigenvalue weighted by Crippen LogP contribution is -2.33. The van der Waals surface area contributed by atoms with Crippen molar-refractivity contribution in [2.24, 2.45) is 0 Å². The van der Waals surface area contributed by atoms with Gasteiger partial charge in [0.2, 0.25) is 0 Å². The second-order valence-electron chi connectivity index (χ2n) is 7.45. The van der Waals surface area contributed by atoms with Crippen LogP contribution in [-0.2, 0) is 23.6 Å². The number of aromatic nitrogens is 2. The van der Waals surface area contributed by atoms with Crippen LogP contribution in [-0.4, -0.2) is 25.8 Å². The zero-order valence-electron chi connectivity index (χ0n) is 19.3. The smallest absolute Gasteiger partial charge is 0.257 e. The second kappa shape index (κ2) is 12.4. The summed E-state index contributed by atoms with van der Waals surface area (Å²) in [5.74, 6) is 1.55.